The third kappa shape index (κ3) is 6.71. The van der Waals surface area contributed by atoms with E-state index >= 15 is 0 Å². The Morgan fingerprint density at radius 2 is 1.79 bits per heavy atom. The second kappa shape index (κ2) is 10.9. The van der Waals surface area contributed by atoms with Crippen LogP contribution in [0.25, 0.3) is 0 Å². The zero-order chi connectivity index (χ0) is 20.5. The van der Waals surface area contributed by atoms with Crippen molar-refractivity contribution in [1.29, 1.82) is 0 Å². The van der Waals surface area contributed by atoms with Crippen molar-refractivity contribution in [3.63, 3.8) is 0 Å². The van der Waals surface area contributed by atoms with E-state index in [2.05, 4.69) is 11.4 Å². The first-order valence-electron chi connectivity index (χ1n) is 9.74. The van der Waals surface area contributed by atoms with Gasteiger partial charge in [0.05, 0.1) is 5.75 Å². The van der Waals surface area contributed by atoms with Gasteiger partial charge in [-0.1, -0.05) is 55.0 Å². The number of rotatable bonds is 9. The van der Waals surface area contributed by atoms with Crippen LogP contribution in [0.1, 0.15) is 38.3 Å². The Hall–Kier alpha value is -2.27. The summed E-state index contributed by atoms with van der Waals surface area (Å²) < 4.78 is 0. The van der Waals surface area contributed by atoms with E-state index < -0.39 is 6.04 Å². The third-order valence-corrected chi connectivity index (χ3v) is 5.71. The number of aryl methyl sites for hydroxylation is 1. The summed E-state index contributed by atoms with van der Waals surface area (Å²) in [5.74, 6) is 0.152. The van der Waals surface area contributed by atoms with Crippen molar-refractivity contribution >= 4 is 23.6 Å². The number of nitrogens with one attached hydrogen (secondary N) is 1. The summed E-state index contributed by atoms with van der Waals surface area (Å²) in [6, 6.07) is 17.5. The van der Waals surface area contributed by atoms with Gasteiger partial charge in [0.1, 0.15) is 6.04 Å². The minimum absolute atomic E-state index is 0.0397. The van der Waals surface area contributed by atoms with Crippen LogP contribution in [0.4, 0.5) is 0 Å². The standard InChI is InChI=1S/C23H30N2O2S/c1-5-18(3)24-23(27)19(4)25(15-20-11-9-10-17(2)14-20)22(26)16-28-21-12-7-6-8-13-21/h6-14,18-19H,5,15-16H2,1-4H3,(H,24,27)/t18-,19-/m1/s1. The molecule has 2 atom stereocenters. The number of benzene rings is 2. The van der Waals surface area contributed by atoms with Gasteiger partial charge in [-0.15, -0.1) is 11.8 Å². The lowest BCUT2D eigenvalue weighted by Gasteiger charge is -2.29. The zero-order valence-corrected chi connectivity index (χ0v) is 18.0. The molecule has 0 fully saturated rings. The van der Waals surface area contributed by atoms with Crippen molar-refractivity contribution in [1.82, 2.24) is 10.2 Å². The molecule has 0 radical (unpaired) electrons. The fourth-order valence-electron chi connectivity index (χ4n) is 2.80. The molecule has 0 saturated carbocycles. The van der Waals surface area contributed by atoms with Crippen molar-refractivity contribution in [3.05, 3.63) is 65.7 Å². The molecule has 0 unspecified atom stereocenters. The van der Waals surface area contributed by atoms with Crippen LogP contribution in [0.2, 0.25) is 0 Å². The molecule has 0 saturated heterocycles. The summed E-state index contributed by atoms with van der Waals surface area (Å²) in [7, 11) is 0. The van der Waals surface area contributed by atoms with E-state index in [4.69, 9.17) is 0 Å². The first-order valence-corrected chi connectivity index (χ1v) is 10.7. The van der Waals surface area contributed by atoms with Crippen LogP contribution in [0.3, 0.4) is 0 Å². The summed E-state index contributed by atoms with van der Waals surface area (Å²) in [5, 5.41) is 3.00. The van der Waals surface area contributed by atoms with Crippen molar-refractivity contribution in [2.45, 2.75) is 57.6 Å². The molecular weight excluding hydrogens is 368 g/mol. The molecule has 150 valence electrons. The van der Waals surface area contributed by atoms with Gasteiger partial charge in [0.25, 0.3) is 0 Å². The van der Waals surface area contributed by atoms with E-state index in [0.29, 0.717) is 12.3 Å². The molecule has 0 aliphatic heterocycles. The molecule has 4 nitrogen and oxygen atoms in total. The van der Waals surface area contributed by atoms with E-state index in [-0.39, 0.29) is 17.9 Å². The van der Waals surface area contributed by atoms with Gasteiger partial charge < -0.3 is 10.2 Å². The predicted molar refractivity (Wildman–Crippen MR) is 116 cm³/mol. The maximum Gasteiger partial charge on any atom is 0.242 e. The van der Waals surface area contributed by atoms with Crippen LogP contribution < -0.4 is 5.32 Å². The Bertz CT molecular complexity index is 779. The predicted octanol–water partition coefficient (Wildman–Crippen LogP) is 4.42. The van der Waals surface area contributed by atoms with Gasteiger partial charge in [0.2, 0.25) is 11.8 Å². The fourth-order valence-corrected chi connectivity index (χ4v) is 3.61. The highest BCUT2D eigenvalue weighted by Crippen LogP contribution is 2.19. The van der Waals surface area contributed by atoms with Crippen LogP contribution >= 0.6 is 11.8 Å². The molecule has 0 aliphatic rings. The van der Waals surface area contributed by atoms with Gasteiger partial charge in [-0.05, 0) is 44.9 Å². The molecular formula is C23H30N2O2S. The Balaban J connectivity index is 2.14. The molecule has 0 heterocycles. The smallest absolute Gasteiger partial charge is 0.242 e. The van der Waals surface area contributed by atoms with Crippen molar-refractivity contribution in [2.75, 3.05) is 5.75 Å². The topological polar surface area (TPSA) is 49.4 Å². The van der Waals surface area contributed by atoms with Crippen LogP contribution in [0.5, 0.6) is 0 Å². The minimum atomic E-state index is -0.529. The van der Waals surface area contributed by atoms with Gasteiger partial charge in [-0.2, -0.15) is 0 Å². The second-order valence-corrected chi connectivity index (χ2v) is 8.16. The molecule has 2 amide bonds. The molecule has 0 spiro atoms. The molecule has 0 aromatic heterocycles. The monoisotopic (exact) mass is 398 g/mol. The van der Waals surface area contributed by atoms with E-state index in [1.807, 2.05) is 69.3 Å². The Morgan fingerprint density at radius 1 is 1.07 bits per heavy atom. The average Bonchev–Trinajstić information content (AvgIpc) is 2.70. The SMILES string of the molecule is CC[C@@H](C)NC(=O)[C@@H](C)N(Cc1cccc(C)c1)C(=O)CSc1ccccc1. The maximum absolute atomic E-state index is 13.0. The van der Waals surface area contributed by atoms with Crippen LogP contribution in [0, 0.1) is 6.92 Å². The molecule has 1 N–H and O–H groups in total. The lowest BCUT2D eigenvalue weighted by atomic mass is 10.1. The highest BCUT2D eigenvalue weighted by atomic mass is 32.2. The summed E-state index contributed by atoms with van der Waals surface area (Å²) in [5.41, 5.74) is 2.17. The van der Waals surface area contributed by atoms with Gasteiger partial charge in [-0.3, -0.25) is 9.59 Å². The van der Waals surface area contributed by atoms with Gasteiger partial charge in [-0.25, -0.2) is 0 Å². The molecule has 2 aromatic carbocycles. The number of carbonyl (C=O) groups excluding carboxylic acids is 2. The summed E-state index contributed by atoms with van der Waals surface area (Å²) >= 11 is 1.50. The lowest BCUT2D eigenvalue weighted by Crippen LogP contribution is -2.50. The number of hydrogen-bond acceptors (Lipinski definition) is 3. The normalized spacial score (nSPS) is 12.9. The average molecular weight is 399 g/mol. The van der Waals surface area contributed by atoms with Crippen LogP contribution in [0.15, 0.2) is 59.5 Å². The summed E-state index contributed by atoms with van der Waals surface area (Å²) in [6.45, 7) is 8.26. The number of hydrogen-bond donors (Lipinski definition) is 1. The largest absolute Gasteiger partial charge is 0.352 e. The summed E-state index contributed by atoms with van der Waals surface area (Å²) in [6.07, 6.45) is 0.855. The van der Waals surface area contributed by atoms with E-state index in [1.165, 1.54) is 11.8 Å². The Kier molecular flexibility index (Phi) is 8.58. The molecule has 2 aromatic rings. The molecule has 0 aliphatic carbocycles. The van der Waals surface area contributed by atoms with Crippen molar-refractivity contribution in [2.24, 2.45) is 0 Å². The highest BCUT2D eigenvalue weighted by Gasteiger charge is 2.26. The molecule has 2 rings (SSSR count). The highest BCUT2D eigenvalue weighted by molar-refractivity contribution is 8.00. The first-order chi connectivity index (χ1) is 13.4. The number of thioether (sulfide) groups is 1. The summed E-state index contributed by atoms with van der Waals surface area (Å²) in [4.78, 5) is 28.4. The van der Waals surface area contributed by atoms with Gasteiger partial charge in [0, 0.05) is 17.5 Å². The molecule has 28 heavy (non-hydrogen) atoms. The van der Waals surface area contributed by atoms with E-state index in [9.17, 15) is 9.59 Å². The second-order valence-electron chi connectivity index (χ2n) is 7.11. The third-order valence-electron chi connectivity index (χ3n) is 4.71. The number of nitrogens with zero attached hydrogens (tertiary/aromatic N) is 1. The van der Waals surface area contributed by atoms with Gasteiger partial charge in [0.15, 0.2) is 0 Å². The van der Waals surface area contributed by atoms with Crippen molar-refractivity contribution in [3.8, 4) is 0 Å². The number of carbonyl (C=O) groups is 2. The van der Waals surface area contributed by atoms with Crippen molar-refractivity contribution < 1.29 is 9.59 Å². The fraction of sp³-hybridized carbons (Fsp3) is 0.391. The maximum atomic E-state index is 13.0. The molecule has 0 bridgehead atoms. The van der Waals surface area contributed by atoms with Gasteiger partial charge >= 0.3 is 0 Å². The molecule has 5 heteroatoms. The quantitative estimate of drug-likeness (QED) is 0.636. The Labute approximate surface area is 172 Å². The first kappa shape index (κ1) is 22.0. The Morgan fingerprint density at radius 3 is 2.43 bits per heavy atom. The minimum Gasteiger partial charge on any atom is -0.352 e. The van der Waals surface area contributed by atoms with E-state index in [1.54, 1.807) is 11.8 Å². The van der Waals surface area contributed by atoms with Crippen LogP contribution in [-0.2, 0) is 16.1 Å². The van der Waals surface area contributed by atoms with Crippen LogP contribution in [-0.4, -0.2) is 34.6 Å². The lowest BCUT2D eigenvalue weighted by molar-refractivity contribution is -0.138. The van der Waals surface area contributed by atoms with E-state index in [0.717, 1.165) is 22.4 Å². The number of amides is 2. The zero-order valence-electron chi connectivity index (χ0n) is 17.1.